The van der Waals surface area contributed by atoms with Crippen LogP contribution < -0.4 is 25.4 Å². The molecule has 29 heavy (non-hydrogen) atoms. The smallest absolute Gasteiger partial charge is 0.189 e. The normalized spacial score (nSPS) is 21.0. The van der Waals surface area contributed by atoms with Crippen LogP contribution in [0.3, 0.4) is 0 Å². The largest absolute Gasteiger partial charge is 0.495 e. The van der Waals surface area contributed by atoms with Crippen molar-refractivity contribution in [1.29, 1.82) is 0 Å². The Morgan fingerprint density at radius 3 is 2.86 bits per heavy atom. The maximum atomic E-state index is 6.20. The second kappa shape index (κ2) is 10.0. The van der Waals surface area contributed by atoms with Crippen LogP contribution in [0.4, 0.5) is 5.69 Å². The third kappa shape index (κ3) is 5.07. The second-order valence-electron chi connectivity index (χ2n) is 7.37. The average molecular weight is 508 g/mol. The number of hydrogen-bond acceptors (Lipinski definition) is 4. The van der Waals surface area contributed by atoms with Crippen LogP contribution in [-0.4, -0.2) is 39.3 Å². The molecule has 3 N–H and O–H groups in total. The number of anilines is 1. The first-order valence-corrected chi connectivity index (χ1v) is 9.90. The Labute approximate surface area is 189 Å². The van der Waals surface area contributed by atoms with Crippen LogP contribution in [0.1, 0.15) is 24.4 Å². The Hall–Kier alpha value is -2.16. The summed E-state index contributed by atoms with van der Waals surface area (Å²) in [5, 5.41) is 3.37. The maximum Gasteiger partial charge on any atom is 0.189 e. The number of fused-ring (bicyclic) bond motifs is 1. The molecule has 2 aliphatic heterocycles. The van der Waals surface area contributed by atoms with E-state index >= 15 is 0 Å². The molecule has 2 unspecified atom stereocenters. The van der Waals surface area contributed by atoms with Gasteiger partial charge < -0.3 is 25.4 Å². The molecule has 2 heterocycles. The fourth-order valence-electron chi connectivity index (χ4n) is 4.04. The predicted octanol–water partition coefficient (Wildman–Crippen LogP) is 3.57. The molecule has 2 aliphatic rings. The minimum Gasteiger partial charge on any atom is -0.495 e. The monoisotopic (exact) mass is 508 g/mol. The molecule has 0 aliphatic carbocycles. The first-order chi connectivity index (χ1) is 13.7. The standard InChI is InChI=1S/C22H28N4O2.HI/c1-27-21-9-5-3-7-19(21)26-12-10-16(15-26)14-24-22(23)25-18-11-13-28-20-8-4-2-6-17(18)20;/h2-9,16,18H,10-15H2,1H3,(H3,23,24,25);1H. The van der Waals surface area contributed by atoms with Gasteiger partial charge in [0.2, 0.25) is 0 Å². The molecule has 0 radical (unpaired) electrons. The number of guanidine groups is 1. The van der Waals surface area contributed by atoms with Gasteiger partial charge in [-0.2, -0.15) is 0 Å². The minimum atomic E-state index is 0. The van der Waals surface area contributed by atoms with E-state index in [4.69, 9.17) is 15.2 Å². The lowest BCUT2D eigenvalue weighted by Crippen LogP contribution is -2.37. The Morgan fingerprint density at radius 1 is 1.21 bits per heavy atom. The van der Waals surface area contributed by atoms with E-state index in [1.54, 1.807) is 7.11 Å². The average Bonchev–Trinajstić information content (AvgIpc) is 3.21. The van der Waals surface area contributed by atoms with Crippen LogP contribution in [0, 0.1) is 5.92 Å². The number of methoxy groups -OCH3 is 1. The number of rotatable bonds is 5. The first-order valence-electron chi connectivity index (χ1n) is 9.90. The summed E-state index contributed by atoms with van der Waals surface area (Å²) in [6.45, 7) is 3.41. The zero-order chi connectivity index (χ0) is 19.3. The molecule has 0 bridgehead atoms. The van der Waals surface area contributed by atoms with E-state index in [2.05, 4.69) is 33.4 Å². The van der Waals surface area contributed by atoms with Gasteiger partial charge in [0.1, 0.15) is 11.5 Å². The van der Waals surface area contributed by atoms with Crippen molar-refractivity contribution in [3.8, 4) is 11.5 Å². The third-order valence-electron chi connectivity index (χ3n) is 5.51. The molecule has 0 aromatic heterocycles. The highest BCUT2D eigenvalue weighted by molar-refractivity contribution is 14.0. The fourth-order valence-corrected chi connectivity index (χ4v) is 4.04. The zero-order valence-electron chi connectivity index (χ0n) is 16.7. The summed E-state index contributed by atoms with van der Waals surface area (Å²) in [5.41, 5.74) is 8.50. The summed E-state index contributed by atoms with van der Waals surface area (Å²) in [7, 11) is 1.72. The van der Waals surface area contributed by atoms with Gasteiger partial charge in [-0.15, -0.1) is 24.0 Å². The van der Waals surface area contributed by atoms with Crippen molar-refractivity contribution in [2.45, 2.75) is 18.9 Å². The van der Waals surface area contributed by atoms with Gasteiger partial charge >= 0.3 is 0 Å². The number of nitrogens with two attached hydrogens (primary N) is 1. The summed E-state index contributed by atoms with van der Waals surface area (Å²) in [6.07, 6.45) is 1.99. The van der Waals surface area contributed by atoms with Gasteiger partial charge in [0, 0.05) is 31.6 Å². The van der Waals surface area contributed by atoms with Gasteiger partial charge in [-0.05, 0) is 30.5 Å². The van der Waals surface area contributed by atoms with E-state index in [0.717, 1.165) is 55.2 Å². The fraction of sp³-hybridized carbons (Fsp3) is 0.409. The summed E-state index contributed by atoms with van der Waals surface area (Å²) >= 11 is 0. The molecule has 1 saturated heterocycles. The van der Waals surface area contributed by atoms with Gasteiger partial charge in [0.25, 0.3) is 0 Å². The molecule has 2 aromatic rings. The van der Waals surface area contributed by atoms with Crippen LogP contribution in [-0.2, 0) is 0 Å². The molecule has 0 saturated carbocycles. The third-order valence-corrected chi connectivity index (χ3v) is 5.51. The molecule has 6 nitrogen and oxygen atoms in total. The van der Waals surface area contributed by atoms with Crippen molar-refractivity contribution >= 4 is 35.6 Å². The van der Waals surface area contributed by atoms with E-state index < -0.39 is 0 Å². The topological polar surface area (TPSA) is 72.1 Å². The van der Waals surface area contributed by atoms with Crippen LogP contribution in [0.2, 0.25) is 0 Å². The van der Waals surface area contributed by atoms with E-state index in [1.165, 1.54) is 0 Å². The Kier molecular flexibility index (Phi) is 7.46. The van der Waals surface area contributed by atoms with E-state index in [9.17, 15) is 0 Å². The first kappa shape index (κ1) is 21.5. The number of ether oxygens (including phenoxy) is 2. The number of para-hydroxylation sites is 3. The van der Waals surface area contributed by atoms with Crippen LogP contribution in [0.25, 0.3) is 0 Å². The van der Waals surface area contributed by atoms with Crippen molar-refractivity contribution < 1.29 is 9.47 Å². The SMILES string of the molecule is COc1ccccc1N1CCC(CN=C(N)NC2CCOc3ccccc32)C1.I. The molecule has 0 amide bonds. The number of nitrogens with one attached hydrogen (secondary N) is 1. The lowest BCUT2D eigenvalue weighted by atomic mass is 10.0. The Morgan fingerprint density at radius 2 is 2.00 bits per heavy atom. The predicted molar refractivity (Wildman–Crippen MR) is 128 cm³/mol. The molecule has 1 fully saturated rings. The van der Waals surface area contributed by atoms with E-state index in [0.29, 0.717) is 18.5 Å². The molecule has 2 aromatic carbocycles. The Bertz CT molecular complexity index is 845. The molecular formula is C22H29IN4O2. The number of benzene rings is 2. The lowest BCUT2D eigenvalue weighted by Gasteiger charge is -2.27. The summed E-state index contributed by atoms with van der Waals surface area (Å²) in [6, 6.07) is 16.4. The van der Waals surface area contributed by atoms with E-state index in [1.807, 2.05) is 30.3 Å². The van der Waals surface area contributed by atoms with Gasteiger partial charge in [0.05, 0.1) is 25.4 Å². The summed E-state index contributed by atoms with van der Waals surface area (Å²) < 4.78 is 11.2. The quantitative estimate of drug-likeness (QED) is 0.367. The van der Waals surface area contributed by atoms with Crippen molar-refractivity contribution in [2.75, 3.05) is 38.3 Å². The molecule has 2 atom stereocenters. The second-order valence-corrected chi connectivity index (χ2v) is 7.37. The molecule has 7 heteroatoms. The lowest BCUT2D eigenvalue weighted by molar-refractivity contribution is 0.262. The number of nitrogens with zero attached hydrogens (tertiary/aromatic N) is 2. The molecule has 4 rings (SSSR count). The van der Waals surface area contributed by atoms with Crippen molar-refractivity contribution in [3.63, 3.8) is 0 Å². The van der Waals surface area contributed by atoms with Crippen LogP contribution in [0.15, 0.2) is 53.5 Å². The van der Waals surface area contributed by atoms with Gasteiger partial charge in [-0.1, -0.05) is 30.3 Å². The maximum absolute atomic E-state index is 6.20. The molecule has 156 valence electrons. The van der Waals surface area contributed by atoms with Gasteiger partial charge in [-0.25, -0.2) is 0 Å². The number of aliphatic imine (C=N–C) groups is 1. The highest BCUT2D eigenvalue weighted by atomic mass is 127. The van der Waals surface area contributed by atoms with Crippen LogP contribution >= 0.6 is 24.0 Å². The molecular weight excluding hydrogens is 479 g/mol. The minimum absolute atomic E-state index is 0. The Balaban J connectivity index is 0.00000240. The highest BCUT2D eigenvalue weighted by Gasteiger charge is 2.25. The van der Waals surface area contributed by atoms with Gasteiger partial charge in [0.15, 0.2) is 5.96 Å². The van der Waals surface area contributed by atoms with Crippen LogP contribution in [0.5, 0.6) is 11.5 Å². The zero-order valence-corrected chi connectivity index (χ0v) is 19.0. The summed E-state index contributed by atoms with van der Waals surface area (Å²) in [4.78, 5) is 7.00. The van der Waals surface area contributed by atoms with E-state index in [-0.39, 0.29) is 30.0 Å². The molecule has 0 spiro atoms. The highest BCUT2D eigenvalue weighted by Crippen LogP contribution is 2.33. The summed E-state index contributed by atoms with van der Waals surface area (Å²) in [5.74, 6) is 2.86. The van der Waals surface area contributed by atoms with Crippen molar-refractivity contribution in [3.05, 3.63) is 54.1 Å². The number of halogens is 1. The number of hydrogen-bond donors (Lipinski definition) is 2. The van der Waals surface area contributed by atoms with Crippen molar-refractivity contribution in [1.82, 2.24) is 5.32 Å². The van der Waals surface area contributed by atoms with Crippen molar-refractivity contribution in [2.24, 2.45) is 16.6 Å². The van der Waals surface area contributed by atoms with Gasteiger partial charge in [-0.3, -0.25) is 4.99 Å².